The first-order valence-corrected chi connectivity index (χ1v) is 5.54. The summed E-state index contributed by atoms with van der Waals surface area (Å²) in [7, 11) is 0. The smallest absolute Gasteiger partial charge is 0.326 e. The molecule has 0 aliphatic heterocycles. The maximum Gasteiger partial charge on any atom is 0.326 e. The Morgan fingerprint density at radius 2 is 1.95 bits per heavy atom. The standard InChI is InChI=1S/C11H11ClN2O5/c12-6-2-1-3-7(4-6)13-11(19)14-8(10(17)18)5-9(15)16/h1-4,8H,5H2,(H,15,16)(H,17,18)(H2,13,14,19). The Hall–Kier alpha value is -2.28. The molecule has 102 valence electrons. The lowest BCUT2D eigenvalue weighted by atomic mass is 10.2. The van der Waals surface area contributed by atoms with Gasteiger partial charge in [0, 0.05) is 10.7 Å². The van der Waals surface area contributed by atoms with Gasteiger partial charge < -0.3 is 20.8 Å². The van der Waals surface area contributed by atoms with Gasteiger partial charge in [0.25, 0.3) is 0 Å². The lowest BCUT2D eigenvalue weighted by Gasteiger charge is -2.13. The predicted molar refractivity (Wildman–Crippen MR) is 67.3 cm³/mol. The van der Waals surface area contributed by atoms with E-state index in [1.54, 1.807) is 18.2 Å². The van der Waals surface area contributed by atoms with E-state index in [1.807, 2.05) is 5.32 Å². The fourth-order valence-electron chi connectivity index (χ4n) is 1.27. The van der Waals surface area contributed by atoms with Crippen LogP contribution in [-0.4, -0.2) is 34.2 Å². The Bertz CT molecular complexity index is 506. The van der Waals surface area contributed by atoms with Crippen LogP contribution in [0.1, 0.15) is 6.42 Å². The number of carbonyl (C=O) groups is 3. The number of anilines is 1. The Balaban J connectivity index is 2.62. The number of carbonyl (C=O) groups excluding carboxylic acids is 1. The van der Waals surface area contributed by atoms with Gasteiger partial charge in [-0.15, -0.1) is 0 Å². The zero-order valence-electron chi connectivity index (χ0n) is 9.59. The topological polar surface area (TPSA) is 116 Å². The van der Waals surface area contributed by atoms with Gasteiger partial charge in [0.15, 0.2) is 0 Å². The van der Waals surface area contributed by atoms with Crippen molar-refractivity contribution in [1.82, 2.24) is 5.32 Å². The second kappa shape index (κ2) is 6.60. The summed E-state index contributed by atoms with van der Waals surface area (Å²) < 4.78 is 0. The number of halogens is 1. The minimum atomic E-state index is -1.50. The monoisotopic (exact) mass is 286 g/mol. The van der Waals surface area contributed by atoms with Gasteiger partial charge >= 0.3 is 18.0 Å². The Morgan fingerprint density at radius 1 is 1.26 bits per heavy atom. The molecule has 1 atom stereocenters. The molecule has 1 rings (SSSR count). The van der Waals surface area contributed by atoms with Crippen LogP contribution >= 0.6 is 11.6 Å². The zero-order valence-corrected chi connectivity index (χ0v) is 10.3. The van der Waals surface area contributed by atoms with E-state index in [0.29, 0.717) is 10.7 Å². The molecule has 0 fully saturated rings. The summed E-state index contributed by atoms with van der Waals surface area (Å²) in [6.45, 7) is 0. The maximum atomic E-state index is 11.5. The van der Waals surface area contributed by atoms with E-state index < -0.39 is 30.4 Å². The van der Waals surface area contributed by atoms with Crippen molar-refractivity contribution in [2.24, 2.45) is 0 Å². The predicted octanol–water partition coefficient (Wildman–Crippen LogP) is 1.39. The first kappa shape index (κ1) is 14.8. The second-order valence-electron chi connectivity index (χ2n) is 3.60. The van der Waals surface area contributed by atoms with Crippen molar-refractivity contribution in [3.63, 3.8) is 0 Å². The number of benzene rings is 1. The van der Waals surface area contributed by atoms with Gasteiger partial charge in [0.2, 0.25) is 0 Å². The van der Waals surface area contributed by atoms with Gasteiger partial charge in [-0.2, -0.15) is 0 Å². The van der Waals surface area contributed by atoms with Crippen LogP contribution in [-0.2, 0) is 9.59 Å². The molecular weight excluding hydrogens is 276 g/mol. The number of urea groups is 1. The molecule has 0 spiro atoms. The average Bonchev–Trinajstić information content (AvgIpc) is 2.27. The highest BCUT2D eigenvalue weighted by Crippen LogP contribution is 2.14. The first-order chi connectivity index (χ1) is 8.88. The first-order valence-electron chi connectivity index (χ1n) is 5.16. The molecule has 0 radical (unpaired) electrons. The number of hydrogen-bond donors (Lipinski definition) is 4. The number of aliphatic carboxylic acids is 2. The van der Waals surface area contributed by atoms with Gasteiger partial charge in [-0.25, -0.2) is 9.59 Å². The molecule has 7 nitrogen and oxygen atoms in total. The summed E-state index contributed by atoms with van der Waals surface area (Å²) in [5.74, 6) is -2.75. The molecule has 0 aliphatic rings. The van der Waals surface area contributed by atoms with Crippen molar-refractivity contribution in [1.29, 1.82) is 0 Å². The van der Waals surface area contributed by atoms with Gasteiger partial charge in [-0.3, -0.25) is 4.79 Å². The molecule has 0 saturated heterocycles. The summed E-state index contributed by atoms with van der Waals surface area (Å²) in [5.41, 5.74) is 0.365. The van der Waals surface area contributed by atoms with Crippen molar-refractivity contribution in [2.45, 2.75) is 12.5 Å². The van der Waals surface area contributed by atoms with E-state index in [0.717, 1.165) is 0 Å². The van der Waals surface area contributed by atoms with Crippen LogP contribution in [0.3, 0.4) is 0 Å². The molecule has 4 N–H and O–H groups in total. The fourth-order valence-corrected chi connectivity index (χ4v) is 1.46. The number of nitrogens with one attached hydrogen (secondary N) is 2. The molecule has 0 aromatic heterocycles. The lowest BCUT2D eigenvalue weighted by molar-refractivity contribution is -0.145. The number of carboxylic acids is 2. The molecule has 0 saturated carbocycles. The van der Waals surface area contributed by atoms with Crippen LogP contribution in [0, 0.1) is 0 Å². The molecule has 1 aromatic rings. The van der Waals surface area contributed by atoms with E-state index in [-0.39, 0.29) is 0 Å². The highest BCUT2D eigenvalue weighted by Gasteiger charge is 2.22. The summed E-state index contributed by atoms with van der Waals surface area (Å²) in [5, 5.41) is 22.1. The molecule has 1 unspecified atom stereocenters. The number of hydrogen-bond acceptors (Lipinski definition) is 3. The van der Waals surface area contributed by atoms with Crippen molar-refractivity contribution in [3.05, 3.63) is 29.3 Å². The molecule has 0 aliphatic carbocycles. The van der Waals surface area contributed by atoms with E-state index >= 15 is 0 Å². The highest BCUT2D eigenvalue weighted by molar-refractivity contribution is 6.30. The molecule has 0 bridgehead atoms. The van der Waals surface area contributed by atoms with Crippen molar-refractivity contribution >= 4 is 35.3 Å². The van der Waals surface area contributed by atoms with E-state index in [9.17, 15) is 14.4 Å². The Labute approximate surface area is 113 Å². The van der Waals surface area contributed by atoms with Crippen LogP contribution in [0.15, 0.2) is 24.3 Å². The number of carboxylic acid groups (broad SMARTS) is 2. The van der Waals surface area contributed by atoms with Crippen LogP contribution in [0.4, 0.5) is 10.5 Å². The molecule has 1 aromatic carbocycles. The molecular formula is C11H11ClN2O5. The normalized spacial score (nSPS) is 11.4. The second-order valence-corrected chi connectivity index (χ2v) is 4.03. The summed E-state index contributed by atoms with van der Waals surface area (Å²) in [6, 6.07) is 3.90. The van der Waals surface area contributed by atoms with Crippen molar-refractivity contribution in [3.8, 4) is 0 Å². The molecule has 0 heterocycles. The minimum Gasteiger partial charge on any atom is -0.481 e. The largest absolute Gasteiger partial charge is 0.481 e. The number of amides is 2. The summed E-state index contributed by atoms with van der Waals surface area (Å²) >= 11 is 5.71. The van der Waals surface area contributed by atoms with Crippen molar-refractivity contribution in [2.75, 3.05) is 5.32 Å². The van der Waals surface area contributed by atoms with E-state index in [4.69, 9.17) is 21.8 Å². The van der Waals surface area contributed by atoms with Gasteiger partial charge in [0.05, 0.1) is 6.42 Å². The Kier molecular flexibility index (Phi) is 5.13. The maximum absolute atomic E-state index is 11.5. The van der Waals surface area contributed by atoms with Gasteiger partial charge in [-0.1, -0.05) is 17.7 Å². The van der Waals surface area contributed by atoms with Crippen molar-refractivity contribution < 1.29 is 24.6 Å². The summed E-state index contributed by atoms with van der Waals surface area (Å²) in [4.78, 5) is 32.7. The van der Waals surface area contributed by atoms with Crippen LogP contribution in [0.25, 0.3) is 0 Å². The fraction of sp³-hybridized carbons (Fsp3) is 0.182. The van der Waals surface area contributed by atoms with Gasteiger partial charge in [0.1, 0.15) is 6.04 Å². The lowest BCUT2D eigenvalue weighted by Crippen LogP contribution is -2.44. The minimum absolute atomic E-state index is 0.365. The SMILES string of the molecule is O=C(O)CC(NC(=O)Nc1cccc(Cl)c1)C(=O)O. The Morgan fingerprint density at radius 3 is 2.47 bits per heavy atom. The third-order valence-corrected chi connectivity index (χ3v) is 2.30. The third kappa shape index (κ3) is 5.26. The highest BCUT2D eigenvalue weighted by atomic mass is 35.5. The third-order valence-electron chi connectivity index (χ3n) is 2.06. The molecule has 2 amide bonds. The zero-order chi connectivity index (χ0) is 14.4. The van der Waals surface area contributed by atoms with Crippen LogP contribution in [0.5, 0.6) is 0 Å². The van der Waals surface area contributed by atoms with E-state index in [2.05, 4.69) is 5.32 Å². The van der Waals surface area contributed by atoms with E-state index in [1.165, 1.54) is 6.07 Å². The quantitative estimate of drug-likeness (QED) is 0.653. The number of rotatable bonds is 5. The van der Waals surface area contributed by atoms with Crippen LogP contribution < -0.4 is 10.6 Å². The molecule has 8 heteroatoms. The average molecular weight is 287 g/mol. The van der Waals surface area contributed by atoms with Crippen LogP contribution in [0.2, 0.25) is 5.02 Å². The molecule has 19 heavy (non-hydrogen) atoms. The summed E-state index contributed by atoms with van der Waals surface area (Å²) in [6.07, 6.45) is -0.710. The van der Waals surface area contributed by atoms with Gasteiger partial charge in [-0.05, 0) is 18.2 Å².